The number of unbranched alkanes of at least 4 members (excludes halogenated alkanes) is 10. The molecule has 4 aromatic carbocycles. The lowest BCUT2D eigenvalue weighted by Gasteiger charge is -2.13. The fraction of sp³-hybridized carbons (Fsp3) is 0.391. The summed E-state index contributed by atoms with van der Waals surface area (Å²) >= 11 is 2.30. The van der Waals surface area contributed by atoms with Crippen LogP contribution in [0.25, 0.3) is 11.1 Å². The molecule has 0 N–H and O–H groups in total. The normalized spacial score (nSPS) is 11.4. The van der Waals surface area contributed by atoms with Gasteiger partial charge in [-0.25, -0.2) is 19.2 Å². The van der Waals surface area contributed by atoms with Crippen LogP contribution < -0.4 is 14.2 Å². The Hall–Kier alpha value is -4.71. The first-order valence-corrected chi connectivity index (χ1v) is 20.8. The Morgan fingerprint density at radius 3 is 1.52 bits per heavy atom. The van der Waals surface area contributed by atoms with E-state index in [1.165, 1.54) is 100 Å². The van der Waals surface area contributed by atoms with Crippen LogP contribution in [-0.2, 0) is 14.3 Å². The monoisotopic (exact) mass is 876 g/mol. The molecular weight excluding hydrogens is 823 g/mol. The highest BCUT2D eigenvalue weighted by Crippen LogP contribution is 2.29. The molecule has 0 aliphatic carbocycles. The van der Waals surface area contributed by atoms with Gasteiger partial charge in [-0.3, -0.25) is 0 Å². The summed E-state index contributed by atoms with van der Waals surface area (Å²) in [7, 11) is 0. The van der Waals surface area contributed by atoms with E-state index in [2.05, 4.69) is 42.5 Å². The number of halogens is 1. The molecule has 0 aromatic heterocycles. The maximum absolute atomic E-state index is 12.9. The summed E-state index contributed by atoms with van der Waals surface area (Å²) in [5, 5.41) is 0. The Morgan fingerprint density at radius 2 is 0.982 bits per heavy atom. The fourth-order valence-electron chi connectivity index (χ4n) is 5.76. The van der Waals surface area contributed by atoms with Gasteiger partial charge in [0.05, 0.1) is 33.5 Å². The van der Waals surface area contributed by atoms with Crippen molar-refractivity contribution in [1.82, 2.24) is 0 Å². The van der Waals surface area contributed by atoms with Crippen molar-refractivity contribution in [3.63, 3.8) is 0 Å². The number of carbonyl (C=O) groups is 4. The summed E-state index contributed by atoms with van der Waals surface area (Å²) in [6, 6.07) is 25.1. The third kappa shape index (κ3) is 14.7. The molecule has 0 aliphatic heterocycles. The van der Waals surface area contributed by atoms with Crippen LogP contribution in [-0.4, -0.2) is 43.2 Å². The molecule has 0 saturated heterocycles. The molecule has 0 fully saturated rings. The van der Waals surface area contributed by atoms with Gasteiger partial charge in [0, 0.05) is 0 Å². The lowest BCUT2D eigenvalue weighted by atomic mass is 10.0. The molecule has 4 rings (SSSR count). The molecular formula is C46H53IO9. The van der Waals surface area contributed by atoms with E-state index in [1.54, 1.807) is 12.1 Å². The number of hydrogen-bond donors (Lipinski definition) is 0. The standard InChI is InChI=1S/C46H53IO9/c1-4-6-8-10-11-12-13-15-30-52-42-29-24-38(32-41(42)47)34-16-18-35(19-17-34)45(50)55-40-27-22-37(23-28-40)46(51)56-39-25-20-36(21-26-39)44(49)54-33(3)43(48)53-31-14-9-7-5-2/h16-29,32-33H,4-15,30-31H2,1-3H3. The summed E-state index contributed by atoms with van der Waals surface area (Å²) in [6.07, 6.45) is 12.9. The summed E-state index contributed by atoms with van der Waals surface area (Å²) < 4.78 is 28.5. The Labute approximate surface area is 344 Å². The number of esters is 4. The second-order valence-corrected chi connectivity index (χ2v) is 14.8. The van der Waals surface area contributed by atoms with Gasteiger partial charge in [0.15, 0.2) is 6.10 Å². The smallest absolute Gasteiger partial charge is 0.347 e. The second kappa shape index (κ2) is 24.0. The molecule has 0 saturated carbocycles. The number of hydrogen-bond acceptors (Lipinski definition) is 9. The predicted molar refractivity (Wildman–Crippen MR) is 225 cm³/mol. The van der Waals surface area contributed by atoms with E-state index < -0.39 is 30.0 Å². The molecule has 9 nitrogen and oxygen atoms in total. The zero-order chi connectivity index (χ0) is 40.1. The first-order valence-electron chi connectivity index (χ1n) is 19.7. The second-order valence-electron chi connectivity index (χ2n) is 13.6. The fourth-order valence-corrected chi connectivity index (χ4v) is 6.43. The minimum Gasteiger partial charge on any atom is -0.492 e. The van der Waals surface area contributed by atoms with Crippen LogP contribution in [0.5, 0.6) is 17.2 Å². The van der Waals surface area contributed by atoms with Gasteiger partial charge in [0.25, 0.3) is 0 Å². The van der Waals surface area contributed by atoms with Crippen LogP contribution in [0.3, 0.4) is 0 Å². The van der Waals surface area contributed by atoms with Gasteiger partial charge in [0.1, 0.15) is 17.2 Å². The molecule has 0 spiro atoms. The molecule has 0 amide bonds. The van der Waals surface area contributed by atoms with Crippen molar-refractivity contribution in [1.29, 1.82) is 0 Å². The Kier molecular flexibility index (Phi) is 18.9. The highest BCUT2D eigenvalue weighted by molar-refractivity contribution is 14.1. The molecule has 298 valence electrons. The van der Waals surface area contributed by atoms with Gasteiger partial charge >= 0.3 is 23.9 Å². The van der Waals surface area contributed by atoms with Crippen LogP contribution in [0, 0.1) is 3.57 Å². The number of carbonyl (C=O) groups excluding carboxylic acids is 4. The van der Waals surface area contributed by atoms with E-state index in [4.69, 9.17) is 23.7 Å². The van der Waals surface area contributed by atoms with Gasteiger partial charge in [-0.2, -0.15) is 0 Å². The van der Waals surface area contributed by atoms with Crippen LogP contribution in [0.4, 0.5) is 0 Å². The van der Waals surface area contributed by atoms with Gasteiger partial charge in [-0.15, -0.1) is 0 Å². The third-order valence-corrected chi connectivity index (χ3v) is 9.94. The average Bonchev–Trinajstić information content (AvgIpc) is 3.21. The Morgan fingerprint density at radius 1 is 0.536 bits per heavy atom. The van der Waals surface area contributed by atoms with Crippen LogP contribution >= 0.6 is 22.6 Å². The van der Waals surface area contributed by atoms with Crippen molar-refractivity contribution in [3.8, 4) is 28.4 Å². The molecule has 0 radical (unpaired) electrons. The Bertz CT molecular complexity index is 1840. The molecule has 0 bridgehead atoms. The predicted octanol–water partition coefficient (Wildman–Crippen LogP) is 11.6. The molecule has 1 atom stereocenters. The van der Waals surface area contributed by atoms with Crippen molar-refractivity contribution in [2.45, 2.75) is 104 Å². The van der Waals surface area contributed by atoms with E-state index in [0.717, 1.165) is 52.6 Å². The molecule has 56 heavy (non-hydrogen) atoms. The molecule has 10 heteroatoms. The van der Waals surface area contributed by atoms with Crippen LogP contribution in [0.1, 0.15) is 129 Å². The summed E-state index contributed by atoms with van der Waals surface area (Å²) in [4.78, 5) is 50.3. The molecule has 1 unspecified atom stereocenters. The largest absolute Gasteiger partial charge is 0.492 e. The van der Waals surface area contributed by atoms with Crippen molar-refractivity contribution in [2.24, 2.45) is 0 Å². The lowest BCUT2D eigenvalue weighted by molar-refractivity contribution is -0.153. The molecule has 0 heterocycles. The molecule has 4 aromatic rings. The van der Waals surface area contributed by atoms with Crippen LogP contribution in [0.2, 0.25) is 0 Å². The van der Waals surface area contributed by atoms with E-state index in [9.17, 15) is 19.2 Å². The Balaban J connectivity index is 1.20. The van der Waals surface area contributed by atoms with E-state index >= 15 is 0 Å². The van der Waals surface area contributed by atoms with E-state index in [1.807, 2.05) is 24.3 Å². The number of benzene rings is 4. The maximum Gasteiger partial charge on any atom is 0.347 e. The average molecular weight is 877 g/mol. The quantitative estimate of drug-likeness (QED) is 0.0311. The summed E-state index contributed by atoms with van der Waals surface area (Å²) in [5.74, 6) is -1.11. The number of ether oxygens (including phenoxy) is 5. The van der Waals surface area contributed by atoms with Gasteiger partial charge in [0.2, 0.25) is 0 Å². The topological polar surface area (TPSA) is 114 Å². The third-order valence-electron chi connectivity index (χ3n) is 9.10. The van der Waals surface area contributed by atoms with Crippen molar-refractivity contribution in [3.05, 3.63) is 111 Å². The van der Waals surface area contributed by atoms with E-state index in [0.29, 0.717) is 12.2 Å². The lowest BCUT2D eigenvalue weighted by Crippen LogP contribution is -2.26. The number of rotatable bonds is 23. The summed E-state index contributed by atoms with van der Waals surface area (Å²) in [6.45, 7) is 6.80. The zero-order valence-corrected chi connectivity index (χ0v) is 34.8. The maximum atomic E-state index is 12.9. The minimum atomic E-state index is -1.05. The highest BCUT2D eigenvalue weighted by atomic mass is 127. The van der Waals surface area contributed by atoms with E-state index in [-0.39, 0.29) is 29.2 Å². The highest BCUT2D eigenvalue weighted by Gasteiger charge is 2.21. The van der Waals surface area contributed by atoms with Crippen molar-refractivity contribution < 1.29 is 42.9 Å². The van der Waals surface area contributed by atoms with Gasteiger partial charge in [-0.1, -0.05) is 96.3 Å². The summed E-state index contributed by atoms with van der Waals surface area (Å²) in [5.41, 5.74) is 2.79. The molecule has 0 aliphatic rings. The SMILES string of the molecule is CCCCCCCCCCOc1ccc(-c2ccc(C(=O)Oc3ccc(C(=O)Oc4ccc(C(=O)OC(C)C(=O)OCCCCCC)cc4)cc3)cc2)cc1I. The minimum absolute atomic E-state index is 0.187. The first kappa shape index (κ1) is 44.0. The zero-order valence-electron chi connectivity index (χ0n) is 32.7. The first-order chi connectivity index (χ1) is 27.2. The van der Waals surface area contributed by atoms with Crippen LogP contribution in [0.15, 0.2) is 91.0 Å². The van der Waals surface area contributed by atoms with Gasteiger partial charge in [-0.05, 0) is 126 Å². The van der Waals surface area contributed by atoms with Crippen molar-refractivity contribution in [2.75, 3.05) is 13.2 Å². The van der Waals surface area contributed by atoms with Crippen molar-refractivity contribution >= 4 is 46.5 Å². The van der Waals surface area contributed by atoms with Gasteiger partial charge < -0.3 is 23.7 Å².